The highest BCUT2D eigenvalue weighted by atomic mass is 32.1. The van der Waals surface area contributed by atoms with Gasteiger partial charge in [0.15, 0.2) is 23.2 Å². The van der Waals surface area contributed by atoms with Crippen molar-refractivity contribution in [3.63, 3.8) is 0 Å². The van der Waals surface area contributed by atoms with E-state index in [2.05, 4.69) is 4.90 Å². The highest BCUT2D eigenvalue weighted by molar-refractivity contribution is 7.22. The number of piperazine rings is 1. The lowest BCUT2D eigenvalue weighted by Gasteiger charge is -2.34. The molecule has 0 bridgehead atoms. The van der Waals surface area contributed by atoms with Gasteiger partial charge in [0.25, 0.3) is 5.91 Å². The second kappa shape index (κ2) is 8.57. The van der Waals surface area contributed by atoms with Crippen LogP contribution < -0.4 is 19.1 Å². The van der Waals surface area contributed by atoms with Gasteiger partial charge in [-0.25, -0.2) is 4.98 Å². The fourth-order valence-corrected chi connectivity index (χ4v) is 4.35. The summed E-state index contributed by atoms with van der Waals surface area (Å²) in [6.07, 6.45) is 0. The van der Waals surface area contributed by atoms with Gasteiger partial charge in [-0.05, 0) is 24.3 Å². The van der Waals surface area contributed by atoms with E-state index in [9.17, 15) is 4.79 Å². The van der Waals surface area contributed by atoms with Gasteiger partial charge in [-0.2, -0.15) is 0 Å². The minimum absolute atomic E-state index is 0.00390. The summed E-state index contributed by atoms with van der Waals surface area (Å²) in [5, 5.41) is 0.930. The van der Waals surface area contributed by atoms with E-state index in [1.54, 1.807) is 25.6 Å². The van der Waals surface area contributed by atoms with Crippen LogP contribution in [0.15, 0.2) is 42.5 Å². The monoisotopic (exact) mass is 413 g/mol. The number of anilines is 1. The first-order valence-electron chi connectivity index (χ1n) is 9.41. The molecule has 29 heavy (non-hydrogen) atoms. The van der Waals surface area contributed by atoms with E-state index < -0.39 is 0 Å². The molecule has 1 aliphatic rings. The number of nitrogens with zero attached hydrogens (tertiary/aromatic N) is 3. The van der Waals surface area contributed by atoms with E-state index in [-0.39, 0.29) is 12.5 Å². The van der Waals surface area contributed by atoms with Crippen LogP contribution in [0.25, 0.3) is 10.2 Å². The molecule has 4 rings (SSSR count). The number of thiazole rings is 1. The molecular formula is C21H23N3O4S. The molecule has 0 unspecified atom stereocenters. The second-order valence-corrected chi connectivity index (χ2v) is 7.62. The number of hydrogen-bond donors (Lipinski definition) is 0. The molecule has 3 aromatic rings. The van der Waals surface area contributed by atoms with Gasteiger partial charge >= 0.3 is 0 Å². The van der Waals surface area contributed by atoms with Crippen molar-refractivity contribution in [3.8, 4) is 17.2 Å². The fourth-order valence-electron chi connectivity index (χ4n) is 3.33. The number of methoxy groups -OCH3 is 2. The number of carbonyl (C=O) groups is 1. The molecule has 2 aromatic carbocycles. The van der Waals surface area contributed by atoms with Gasteiger partial charge in [0, 0.05) is 26.2 Å². The summed E-state index contributed by atoms with van der Waals surface area (Å²) in [5.74, 6) is 2.03. The van der Waals surface area contributed by atoms with Gasteiger partial charge in [-0.3, -0.25) is 4.79 Å². The summed E-state index contributed by atoms with van der Waals surface area (Å²) in [6, 6.07) is 13.3. The van der Waals surface area contributed by atoms with Crippen LogP contribution in [0.2, 0.25) is 0 Å². The molecular weight excluding hydrogens is 390 g/mol. The number of amides is 1. The molecule has 0 atom stereocenters. The summed E-state index contributed by atoms with van der Waals surface area (Å²) in [6.45, 7) is 2.82. The predicted octanol–water partition coefficient (Wildman–Crippen LogP) is 3.04. The van der Waals surface area contributed by atoms with Gasteiger partial charge < -0.3 is 24.0 Å². The molecule has 7 nitrogen and oxygen atoms in total. The Morgan fingerprint density at radius 2 is 1.79 bits per heavy atom. The van der Waals surface area contributed by atoms with Crippen LogP contribution in [-0.4, -0.2) is 62.8 Å². The molecule has 1 fully saturated rings. The van der Waals surface area contributed by atoms with Gasteiger partial charge in [-0.15, -0.1) is 0 Å². The standard InChI is InChI=1S/C21H23N3O4S/c1-26-16-8-9-17-19(20(16)27-2)22-21(29-17)24-12-10-23(11-13-24)18(25)14-28-15-6-4-3-5-7-15/h3-9H,10-14H2,1-2H3. The van der Waals surface area contributed by atoms with Gasteiger partial charge in [0.1, 0.15) is 11.3 Å². The Hall–Kier alpha value is -3.00. The van der Waals surface area contributed by atoms with Crippen LogP contribution in [0.4, 0.5) is 5.13 Å². The van der Waals surface area contributed by atoms with E-state index >= 15 is 0 Å². The smallest absolute Gasteiger partial charge is 0.260 e. The highest BCUT2D eigenvalue weighted by Crippen LogP contribution is 2.40. The third-order valence-electron chi connectivity index (χ3n) is 4.90. The van der Waals surface area contributed by atoms with E-state index in [1.165, 1.54) is 0 Å². The van der Waals surface area contributed by atoms with Crippen molar-refractivity contribution in [1.29, 1.82) is 0 Å². The molecule has 1 aliphatic heterocycles. The number of hydrogen-bond acceptors (Lipinski definition) is 7. The molecule has 8 heteroatoms. The molecule has 1 amide bonds. The molecule has 2 heterocycles. The number of para-hydroxylation sites is 1. The average molecular weight is 413 g/mol. The number of fused-ring (bicyclic) bond motifs is 1. The number of rotatable bonds is 6. The predicted molar refractivity (Wildman–Crippen MR) is 113 cm³/mol. The zero-order valence-electron chi connectivity index (χ0n) is 16.5. The summed E-state index contributed by atoms with van der Waals surface area (Å²) in [5.41, 5.74) is 0.807. The SMILES string of the molecule is COc1ccc2sc(N3CCN(C(=O)COc4ccccc4)CC3)nc2c1OC. The number of aromatic nitrogens is 1. The summed E-state index contributed by atoms with van der Waals surface area (Å²) < 4.78 is 17.5. The highest BCUT2D eigenvalue weighted by Gasteiger charge is 2.24. The number of carbonyl (C=O) groups excluding carboxylic acids is 1. The quantitative estimate of drug-likeness (QED) is 0.619. The first-order valence-corrected chi connectivity index (χ1v) is 10.2. The maximum absolute atomic E-state index is 12.4. The zero-order valence-corrected chi connectivity index (χ0v) is 17.3. The first-order chi connectivity index (χ1) is 14.2. The minimum Gasteiger partial charge on any atom is -0.493 e. The normalized spacial score (nSPS) is 14.1. The topological polar surface area (TPSA) is 64.1 Å². The first kappa shape index (κ1) is 19.3. The van der Waals surface area contributed by atoms with Crippen molar-refractivity contribution in [3.05, 3.63) is 42.5 Å². The van der Waals surface area contributed by atoms with E-state index in [0.717, 1.165) is 28.4 Å². The average Bonchev–Trinajstić information content (AvgIpc) is 3.22. The van der Waals surface area contributed by atoms with Crippen LogP contribution in [0.1, 0.15) is 0 Å². The molecule has 1 saturated heterocycles. The Labute approximate surface area is 173 Å². The van der Waals surface area contributed by atoms with Crippen molar-refractivity contribution < 1.29 is 19.0 Å². The summed E-state index contributed by atoms with van der Waals surface area (Å²) in [7, 11) is 3.24. The van der Waals surface area contributed by atoms with Crippen molar-refractivity contribution >= 4 is 32.6 Å². The summed E-state index contributed by atoms with van der Waals surface area (Å²) in [4.78, 5) is 21.3. The fraction of sp³-hybridized carbons (Fsp3) is 0.333. The van der Waals surface area contributed by atoms with Gasteiger partial charge in [0.2, 0.25) is 0 Å². The lowest BCUT2D eigenvalue weighted by atomic mass is 10.3. The maximum atomic E-state index is 12.4. The maximum Gasteiger partial charge on any atom is 0.260 e. The molecule has 1 aromatic heterocycles. The Kier molecular flexibility index (Phi) is 5.71. The Morgan fingerprint density at radius 1 is 1.03 bits per heavy atom. The molecule has 152 valence electrons. The second-order valence-electron chi connectivity index (χ2n) is 6.61. The van der Waals surface area contributed by atoms with E-state index in [4.69, 9.17) is 19.2 Å². The van der Waals surface area contributed by atoms with Crippen molar-refractivity contribution in [1.82, 2.24) is 9.88 Å². The van der Waals surface area contributed by atoms with Crippen LogP contribution in [0, 0.1) is 0 Å². The molecule has 0 spiro atoms. The Balaban J connectivity index is 1.38. The molecule has 0 aliphatic carbocycles. The van der Waals surface area contributed by atoms with Crippen molar-refractivity contribution in [2.75, 3.05) is 51.9 Å². The van der Waals surface area contributed by atoms with E-state index in [1.807, 2.05) is 47.4 Å². The third kappa shape index (κ3) is 4.07. The lowest BCUT2D eigenvalue weighted by molar-refractivity contribution is -0.133. The molecule has 0 N–H and O–H groups in total. The Bertz CT molecular complexity index is 984. The van der Waals surface area contributed by atoms with Gasteiger partial charge in [-0.1, -0.05) is 29.5 Å². The Morgan fingerprint density at radius 3 is 2.48 bits per heavy atom. The lowest BCUT2D eigenvalue weighted by Crippen LogP contribution is -2.50. The van der Waals surface area contributed by atoms with Crippen LogP contribution in [-0.2, 0) is 4.79 Å². The van der Waals surface area contributed by atoms with Crippen LogP contribution in [0.5, 0.6) is 17.2 Å². The minimum atomic E-state index is 0.00390. The number of benzene rings is 2. The van der Waals surface area contributed by atoms with E-state index in [0.29, 0.717) is 30.3 Å². The third-order valence-corrected chi connectivity index (χ3v) is 5.98. The van der Waals surface area contributed by atoms with Crippen molar-refractivity contribution in [2.24, 2.45) is 0 Å². The molecule has 0 radical (unpaired) electrons. The largest absolute Gasteiger partial charge is 0.493 e. The van der Waals surface area contributed by atoms with Gasteiger partial charge in [0.05, 0.1) is 18.9 Å². The van der Waals surface area contributed by atoms with Crippen LogP contribution >= 0.6 is 11.3 Å². The van der Waals surface area contributed by atoms with Crippen LogP contribution in [0.3, 0.4) is 0 Å². The van der Waals surface area contributed by atoms with Crippen molar-refractivity contribution in [2.45, 2.75) is 0 Å². The number of ether oxygens (including phenoxy) is 3. The zero-order chi connectivity index (χ0) is 20.2. The molecule has 0 saturated carbocycles. The summed E-state index contributed by atoms with van der Waals surface area (Å²) >= 11 is 1.62.